The molecule has 6 aromatic rings. The molecular formula is C58H65Cl2N11O7. The number of carbonyl (C=O) groups is 2. The smallest absolute Gasteiger partial charge is 0.410 e. The van der Waals surface area contributed by atoms with Gasteiger partial charge in [-0.15, -0.1) is 0 Å². The fraction of sp³-hybridized carbons (Fsp3) is 0.414. The number of halogens is 2. The van der Waals surface area contributed by atoms with Gasteiger partial charge in [-0.2, -0.15) is 0 Å². The number of hydrogen-bond acceptors (Lipinski definition) is 12. The van der Waals surface area contributed by atoms with E-state index in [2.05, 4.69) is 25.0 Å². The third-order valence-corrected chi connectivity index (χ3v) is 15.4. The molecule has 3 N–H and O–H groups in total. The van der Waals surface area contributed by atoms with Crippen LogP contribution >= 0.6 is 23.2 Å². The minimum atomic E-state index is -1.50. The Kier molecular flexibility index (Phi) is 15.7. The van der Waals surface area contributed by atoms with Gasteiger partial charge >= 0.3 is 12.2 Å². The van der Waals surface area contributed by atoms with Crippen molar-refractivity contribution in [3.63, 3.8) is 0 Å². The third-order valence-electron chi connectivity index (χ3n) is 14.9. The van der Waals surface area contributed by atoms with Crippen LogP contribution in [0.5, 0.6) is 0 Å². The number of ether oxygens (including phenoxy) is 2. The predicted octanol–water partition coefficient (Wildman–Crippen LogP) is 11.2. The number of amides is 2. The van der Waals surface area contributed by atoms with Gasteiger partial charge in [0, 0.05) is 85.7 Å². The molecule has 18 nitrogen and oxygen atoms in total. The Hall–Kier alpha value is -7.05. The molecule has 2 amide bonds. The van der Waals surface area contributed by atoms with E-state index in [0.29, 0.717) is 129 Å². The van der Waals surface area contributed by atoms with E-state index in [1.165, 1.54) is 0 Å². The first kappa shape index (κ1) is 55.7. The lowest BCUT2D eigenvalue weighted by Crippen LogP contribution is -2.47. The molecule has 20 heteroatoms. The summed E-state index contributed by atoms with van der Waals surface area (Å²) in [5.74, 6) is -0.501. The van der Waals surface area contributed by atoms with Gasteiger partial charge in [-0.3, -0.25) is 9.97 Å². The molecule has 0 radical (unpaired) electrons. The number of likely N-dealkylation sites (tertiary alicyclic amines) is 2. The van der Waals surface area contributed by atoms with Crippen molar-refractivity contribution in [1.29, 1.82) is 0 Å². The monoisotopic (exact) mass is 1100 g/mol. The van der Waals surface area contributed by atoms with E-state index in [1.807, 2.05) is 104 Å². The van der Waals surface area contributed by atoms with E-state index in [0.717, 1.165) is 0 Å². The lowest BCUT2D eigenvalue weighted by molar-refractivity contribution is -0.0263. The van der Waals surface area contributed by atoms with Gasteiger partial charge in [0.25, 0.3) is 0 Å². The molecule has 4 aromatic heterocycles. The number of rotatable bonds is 7. The lowest BCUT2D eigenvalue weighted by Gasteiger charge is -2.42. The van der Waals surface area contributed by atoms with Gasteiger partial charge < -0.3 is 43.7 Å². The molecule has 4 atom stereocenters. The van der Waals surface area contributed by atoms with Crippen molar-refractivity contribution in [1.82, 2.24) is 38.9 Å². The highest BCUT2D eigenvalue weighted by atomic mass is 35.5. The Morgan fingerprint density at radius 1 is 0.692 bits per heavy atom. The van der Waals surface area contributed by atoms with Gasteiger partial charge in [-0.05, 0) is 166 Å². The fourth-order valence-corrected chi connectivity index (χ4v) is 11.6. The highest BCUT2D eigenvalue weighted by molar-refractivity contribution is 6.31. The molecule has 2 fully saturated rings. The zero-order valence-electron chi connectivity index (χ0n) is 45.0. The molecule has 2 aromatic carbocycles. The van der Waals surface area contributed by atoms with Gasteiger partial charge in [-0.25, -0.2) is 19.6 Å². The Labute approximate surface area is 463 Å². The number of imidazole rings is 2. The molecule has 0 saturated carbocycles. The van der Waals surface area contributed by atoms with Crippen LogP contribution in [0.2, 0.25) is 10.0 Å². The number of benzene rings is 2. The molecule has 0 spiro atoms. The molecule has 78 heavy (non-hydrogen) atoms. The number of fused-ring (bicyclic) bond motifs is 4. The van der Waals surface area contributed by atoms with Crippen LogP contribution in [-0.4, -0.2) is 104 Å². The van der Waals surface area contributed by atoms with E-state index in [9.17, 15) is 30.4 Å². The van der Waals surface area contributed by atoms with Gasteiger partial charge in [0.05, 0.1) is 41.6 Å². The van der Waals surface area contributed by atoms with Crippen molar-refractivity contribution in [2.75, 3.05) is 26.2 Å². The average Bonchev–Trinajstić information content (AvgIpc) is 4.14. The van der Waals surface area contributed by atoms with Gasteiger partial charge in [0.2, 0.25) is 0 Å². The molecule has 408 valence electrons. The molecule has 2 saturated heterocycles. The minimum Gasteiger partial charge on any atom is -0.444 e. The van der Waals surface area contributed by atoms with E-state index >= 15 is 0 Å². The molecule has 10 rings (SSSR count). The highest BCUT2D eigenvalue weighted by Crippen LogP contribution is 2.52. The number of aliphatic hydroxyl groups excluding tert-OH is 1. The standard InChI is InChI=1S/C29H32ClN7O3.C29H33ClN4O4/c1-28(2,3)40-27(38)37-12-9-19(10-13-37)29(39)23-8-7-20(30)15-21(23)22(14-18-6-5-11-33-26(18)29)25(34-35-31)24-16-32-17-36(24)4;1-28(2,3)38-27(36)34-12-9-19(10-13-34)29(37)23-8-7-20(30)15-21(23)22(14-18-6-5-11-32-26(18)29)25(35)24-16-31-17-33(24)4/h5-8,11,14-17,19,25,39H,9-10,12-13H2,1-4H3;5-8,11,14-17,19,25,35,37H,9-10,12-13H2,1-4H3. The van der Waals surface area contributed by atoms with Crippen LogP contribution in [0.4, 0.5) is 9.59 Å². The van der Waals surface area contributed by atoms with E-state index in [-0.39, 0.29) is 24.0 Å². The SMILES string of the molecule is Cn1cncc1C(N=[N+]=[N-])C1=Cc2cccnc2C(O)(C2CCN(C(=O)OC(C)(C)C)CC2)c2ccc(Cl)cc21.Cn1cncc1C(O)C1=Cc2cccnc2C(O)(C2CCN(C(=O)OC(C)(C)C)CC2)c2ccc(Cl)cc21. The number of piperidine rings is 2. The predicted molar refractivity (Wildman–Crippen MR) is 297 cm³/mol. The summed E-state index contributed by atoms with van der Waals surface area (Å²) < 4.78 is 14.7. The second-order valence-corrected chi connectivity index (χ2v) is 23.2. The fourth-order valence-electron chi connectivity index (χ4n) is 11.3. The Balaban J connectivity index is 0.000000190. The maximum absolute atomic E-state index is 12.8. The molecule has 6 heterocycles. The zero-order chi connectivity index (χ0) is 55.9. The average molecular weight is 1100 g/mol. The van der Waals surface area contributed by atoms with Crippen LogP contribution < -0.4 is 0 Å². The van der Waals surface area contributed by atoms with Crippen molar-refractivity contribution in [3.05, 3.63) is 175 Å². The molecule has 2 aliphatic carbocycles. The number of aliphatic hydroxyl groups is 3. The molecule has 4 unspecified atom stereocenters. The quantitative estimate of drug-likeness (QED) is 0.0773. The van der Waals surface area contributed by atoms with E-state index in [4.69, 9.17) is 37.7 Å². The highest BCUT2D eigenvalue weighted by Gasteiger charge is 2.50. The molecule has 0 bridgehead atoms. The third kappa shape index (κ3) is 11.0. The van der Waals surface area contributed by atoms with Gasteiger partial charge in [0.1, 0.15) is 34.6 Å². The van der Waals surface area contributed by atoms with Crippen LogP contribution in [-0.2, 0) is 34.8 Å². The minimum absolute atomic E-state index is 0.239. The van der Waals surface area contributed by atoms with Crippen LogP contribution in [0.3, 0.4) is 0 Å². The number of azide groups is 1. The van der Waals surface area contributed by atoms with E-state index in [1.54, 1.807) is 80.6 Å². The largest absolute Gasteiger partial charge is 0.444 e. The summed E-state index contributed by atoms with van der Waals surface area (Å²) in [5, 5.41) is 42.2. The van der Waals surface area contributed by atoms with Gasteiger partial charge in [-0.1, -0.05) is 52.6 Å². The first-order chi connectivity index (χ1) is 37.0. The van der Waals surface area contributed by atoms with Crippen molar-refractivity contribution >= 4 is 58.7 Å². The lowest BCUT2D eigenvalue weighted by atomic mass is 9.72. The summed E-state index contributed by atoms with van der Waals surface area (Å²) in [6.07, 6.45) is 14.2. The molecule has 4 aliphatic rings. The Morgan fingerprint density at radius 3 is 1.53 bits per heavy atom. The van der Waals surface area contributed by atoms with Crippen molar-refractivity contribution < 1.29 is 34.4 Å². The zero-order valence-corrected chi connectivity index (χ0v) is 46.5. The van der Waals surface area contributed by atoms with Gasteiger partial charge in [0.15, 0.2) is 0 Å². The first-order valence-corrected chi connectivity index (χ1v) is 26.8. The second-order valence-electron chi connectivity index (χ2n) is 22.3. The van der Waals surface area contributed by atoms with Crippen LogP contribution in [0.1, 0.15) is 136 Å². The summed E-state index contributed by atoms with van der Waals surface area (Å²) in [7, 11) is 3.66. The first-order valence-electron chi connectivity index (χ1n) is 26.0. The number of aryl methyl sites for hydroxylation is 2. The number of nitrogens with zero attached hydrogens (tertiary/aromatic N) is 11. The summed E-state index contributed by atoms with van der Waals surface area (Å²) in [6, 6.07) is 17.4. The number of aromatic nitrogens is 6. The summed E-state index contributed by atoms with van der Waals surface area (Å²) >= 11 is 13.0. The van der Waals surface area contributed by atoms with Crippen molar-refractivity contribution in [2.45, 2.75) is 102 Å². The van der Waals surface area contributed by atoms with Crippen molar-refractivity contribution in [3.8, 4) is 0 Å². The topological polar surface area (TPSA) is 230 Å². The van der Waals surface area contributed by atoms with Crippen LogP contribution in [0, 0.1) is 11.8 Å². The van der Waals surface area contributed by atoms with Crippen molar-refractivity contribution in [2.24, 2.45) is 31.0 Å². The number of pyridine rings is 2. The second kappa shape index (κ2) is 22.0. The summed E-state index contributed by atoms with van der Waals surface area (Å²) in [4.78, 5) is 49.7. The summed E-state index contributed by atoms with van der Waals surface area (Å²) in [6.45, 7) is 12.8. The summed E-state index contributed by atoms with van der Waals surface area (Å²) in [5.41, 5.74) is 13.0. The number of carbonyl (C=O) groups excluding carboxylic acids is 2. The molecule has 2 aliphatic heterocycles. The number of hydrogen-bond donors (Lipinski definition) is 3. The maximum Gasteiger partial charge on any atom is 0.410 e. The Morgan fingerprint density at radius 2 is 1.12 bits per heavy atom. The Bertz CT molecular complexity index is 3340. The molecular weight excluding hydrogens is 1030 g/mol. The van der Waals surface area contributed by atoms with Crippen LogP contribution in [0.15, 0.2) is 103 Å². The van der Waals surface area contributed by atoms with E-state index < -0.39 is 34.6 Å². The van der Waals surface area contributed by atoms with Crippen LogP contribution in [0.25, 0.3) is 33.7 Å². The normalized spacial score (nSPS) is 20.3. The maximum atomic E-state index is 12.8.